The highest BCUT2D eigenvalue weighted by atomic mass is 19.1. The summed E-state index contributed by atoms with van der Waals surface area (Å²) in [5.74, 6) is -2.70. The van der Waals surface area contributed by atoms with Gasteiger partial charge in [-0.25, -0.2) is 9.18 Å². The van der Waals surface area contributed by atoms with Gasteiger partial charge in [0, 0.05) is 18.9 Å². The first-order valence-electron chi connectivity index (χ1n) is 5.95. The fraction of sp³-hybridized carbons (Fsp3) is 0.385. The van der Waals surface area contributed by atoms with Gasteiger partial charge in [0.2, 0.25) is 0 Å². The molecular weight excluding hydrogens is 269 g/mol. The zero-order valence-electron chi connectivity index (χ0n) is 10.7. The third-order valence-corrected chi connectivity index (χ3v) is 3.29. The van der Waals surface area contributed by atoms with Crippen LogP contribution < -0.4 is 5.32 Å². The Labute approximate surface area is 114 Å². The SMILES string of the molecule is COC(=O)C1(NC(=O)c2ccc(O)cc2F)CC(O)C1. The van der Waals surface area contributed by atoms with Crippen LogP contribution in [0.25, 0.3) is 0 Å². The molecule has 1 aliphatic rings. The minimum absolute atomic E-state index is 0.0190. The van der Waals surface area contributed by atoms with Crippen LogP contribution >= 0.6 is 0 Å². The van der Waals surface area contributed by atoms with Gasteiger partial charge in [0.05, 0.1) is 18.8 Å². The Morgan fingerprint density at radius 3 is 2.60 bits per heavy atom. The lowest BCUT2D eigenvalue weighted by Gasteiger charge is -2.42. The van der Waals surface area contributed by atoms with Gasteiger partial charge in [0.25, 0.3) is 5.91 Å². The number of nitrogens with one attached hydrogen (secondary N) is 1. The molecule has 1 amide bonds. The van der Waals surface area contributed by atoms with E-state index in [2.05, 4.69) is 10.1 Å². The van der Waals surface area contributed by atoms with Crippen LogP contribution in [0.3, 0.4) is 0 Å². The van der Waals surface area contributed by atoms with Crippen molar-refractivity contribution in [3.63, 3.8) is 0 Å². The quantitative estimate of drug-likeness (QED) is 0.695. The maximum Gasteiger partial charge on any atom is 0.331 e. The van der Waals surface area contributed by atoms with Gasteiger partial charge in [0.15, 0.2) is 0 Å². The van der Waals surface area contributed by atoms with Crippen LogP contribution in [-0.2, 0) is 9.53 Å². The summed E-state index contributed by atoms with van der Waals surface area (Å²) in [7, 11) is 1.17. The number of hydrogen-bond donors (Lipinski definition) is 3. The van der Waals surface area contributed by atoms with Gasteiger partial charge in [0.1, 0.15) is 17.1 Å². The molecule has 0 spiro atoms. The average molecular weight is 283 g/mol. The van der Waals surface area contributed by atoms with Crippen molar-refractivity contribution in [3.8, 4) is 5.75 Å². The number of esters is 1. The van der Waals surface area contributed by atoms with Crippen LogP contribution in [0.2, 0.25) is 0 Å². The molecule has 0 unspecified atom stereocenters. The van der Waals surface area contributed by atoms with Crippen molar-refractivity contribution < 1.29 is 28.9 Å². The Morgan fingerprint density at radius 2 is 2.10 bits per heavy atom. The van der Waals surface area contributed by atoms with E-state index in [9.17, 15) is 19.1 Å². The van der Waals surface area contributed by atoms with Gasteiger partial charge in [-0.1, -0.05) is 0 Å². The molecule has 1 saturated carbocycles. The Bertz CT molecular complexity index is 554. The van der Waals surface area contributed by atoms with Crippen molar-refractivity contribution in [2.45, 2.75) is 24.5 Å². The largest absolute Gasteiger partial charge is 0.508 e. The third-order valence-electron chi connectivity index (χ3n) is 3.29. The van der Waals surface area contributed by atoms with Crippen molar-refractivity contribution in [1.82, 2.24) is 5.32 Å². The molecule has 108 valence electrons. The summed E-state index contributed by atoms with van der Waals surface area (Å²) < 4.78 is 18.2. The molecule has 7 heteroatoms. The molecule has 6 nitrogen and oxygen atoms in total. The van der Waals surface area contributed by atoms with Gasteiger partial charge < -0.3 is 20.3 Å². The smallest absolute Gasteiger partial charge is 0.331 e. The van der Waals surface area contributed by atoms with Gasteiger partial charge in [-0.15, -0.1) is 0 Å². The van der Waals surface area contributed by atoms with Gasteiger partial charge in [-0.2, -0.15) is 0 Å². The molecule has 1 fully saturated rings. The molecular formula is C13H14FNO5. The van der Waals surface area contributed by atoms with E-state index in [0.717, 1.165) is 12.1 Å². The van der Waals surface area contributed by atoms with Gasteiger partial charge >= 0.3 is 5.97 Å². The molecule has 0 radical (unpaired) electrons. The molecule has 0 aromatic heterocycles. The molecule has 0 atom stereocenters. The summed E-state index contributed by atoms with van der Waals surface area (Å²) >= 11 is 0. The van der Waals surface area contributed by atoms with Gasteiger partial charge in [-0.05, 0) is 12.1 Å². The number of hydrogen-bond acceptors (Lipinski definition) is 5. The normalized spacial score (nSPS) is 24.6. The Morgan fingerprint density at radius 1 is 1.45 bits per heavy atom. The highest BCUT2D eigenvalue weighted by Crippen LogP contribution is 2.34. The molecule has 2 rings (SSSR count). The number of benzene rings is 1. The first-order chi connectivity index (χ1) is 9.38. The van der Waals surface area contributed by atoms with Gasteiger partial charge in [-0.3, -0.25) is 4.79 Å². The maximum absolute atomic E-state index is 13.6. The van der Waals surface area contributed by atoms with Crippen molar-refractivity contribution >= 4 is 11.9 Å². The third kappa shape index (κ3) is 2.44. The number of amides is 1. The summed E-state index contributed by atoms with van der Waals surface area (Å²) in [4.78, 5) is 23.7. The molecule has 0 aliphatic heterocycles. The van der Waals surface area contributed by atoms with Crippen LogP contribution in [0.4, 0.5) is 4.39 Å². The molecule has 0 heterocycles. The second-order valence-corrected chi connectivity index (χ2v) is 4.75. The number of phenols is 1. The second-order valence-electron chi connectivity index (χ2n) is 4.75. The number of carbonyl (C=O) groups excluding carboxylic acids is 2. The maximum atomic E-state index is 13.6. The monoisotopic (exact) mass is 283 g/mol. The standard InChI is InChI=1S/C13H14FNO5/c1-20-12(19)13(5-8(17)6-13)15-11(18)9-3-2-7(16)4-10(9)14/h2-4,8,16-17H,5-6H2,1H3,(H,15,18). The van der Waals surface area contributed by atoms with E-state index in [1.54, 1.807) is 0 Å². The van der Waals surface area contributed by atoms with Crippen LogP contribution in [0.1, 0.15) is 23.2 Å². The van der Waals surface area contributed by atoms with Crippen LogP contribution in [-0.4, -0.2) is 40.8 Å². The lowest BCUT2D eigenvalue weighted by Crippen LogP contribution is -2.64. The minimum atomic E-state index is -1.32. The van der Waals surface area contributed by atoms with E-state index in [1.165, 1.54) is 13.2 Å². The van der Waals surface area contributed by atoms with Crippen LogP contribution in [0.5, 0.6) is 5.75 Å². The number of ether oxygens (including phenoxy) is 1. The van der Waals surface area contributed by atoms with Crippen molar-refractivity contribution in [2.75, 3.05) is 7.11 Å². The fourth-order valence-corrected chi connectivity index (χ4v) is 2.23. The molecule has 1 aromatic carbocycles. The topological polar surface area (TPSA) is 95.9 Å². The zero-order valence-corrected chi connectivity index (χ0v) is 10.7. The van der Waals surface area contributed by atoms with E-state index in [-0.39, 0.29) is 24.2 Å². The average Bonchev–Trinajstić information content (AvgIpc) is 2.35. The first kappa shape index (κ1) is 14.3. The summed E-state index contributed by atoms with van der Waals surface area (Å²) in [6, 6.07) is 3.08. The molecule has 20 heavy (non-hydrogen) atoms. The predicted molar refractivity (Wildman–Crippen MR) is 65.5 cm³/mol. The Kier molecular flexibility index (Phi) is 3.63. The summed E-state index contributed by atoms with van der Waals surface area (Å²) in [6.45, 7) is 0. The summed E-state index contributed by atoms with van der Waals surface area (Å²) in [5.41, 5.74) is -1.62. The molecule has 1 aliphatic carbocycles. The lowest BCUT2D eigenvalue weighted by molar-refractivity contribution is -0.157. The highest BCUT2D eigenvalue weighted by molar-refractivity contribution is 5.98. The number of carbonyl (C=O) groups is 2. The lowest BCUT2D eigenvalue weighted by atomic mass is 9.74. The second kappa shape index (κ2) is 5.09. The fourth-order valence-electron chi connectivity index (χ4n) is 2.23. The summed E-state index contributed by atoms with van der Waals surface area (Å²) in [5, 5.41) is 20.8. The number of methoxy groups -OCH3 is 1. The number of aromatic hydroxyl groups is 1. The van der Waals surface area contributed by atoms with Crippen LogP contribution in [0.15, 0.2) is 18.2 Å². The van der Waals surface area contributed by atoms with E-state index in [0.29, 0.717) is 0 Å². The molecule has 3 N–H and O–H groups in total. The van der Waals surface area contributed by atoms with Crippen molar-refractivity contribution in [3.05, 3.63) is 29.6 Å². The van der Waals surface area contributed by atoms with E-state index >= 15 is 0 Å². The van der Waals surface area contributed by atoms with E-state index < -0.39 is 29.3 Å². The van der Waals surface area contributed by atoms with Crippen LogP contribution in [0, 0.1) is 5.82 Å². The van der Waals surface area contributed by atoms with E-state index in [1.807, 2.05) is 0 Å². The molecule has 1 aromatic rings. The predicted octanol–water partition coefficient (Wildman–Crippen LogP) is 0.328. The minimum Gasteiger partial charge on any atom is -0.508 e. The first-order valence-corrected chi connectivity index (χ1v) is 5.95. The molecule has 0 bridgehead atoms. The molecule has 0 saturated heterocycles. The number of aliphatic hydroxyl groups excluding tert-OH is 1. The summed E-state index contributed by atoms with van der Waals surface area (Å²) in [6.07, 6.45) is -0.671. The Balaban J connectivity index is 2.19. The van der Waals surface area contributed by atoms with Crippen molar-refractivity contribution in [1.29, 1.82) is 0 Å². The van der Waals surface area contributed by atoms with Crippen molar-refractivity contribution in [2.24, 2.45) is 0 Å². The number of phenolic OH excluding ortho intramolecular Hbond substituents is 1. The number of halogens is 1. The Hall–Kier alpha value is -2.15. The van der Waals surface area contributed by atoms with E-state index in [4.69, 9.17) is 5.11 Å². The number of aliphatic hydroxyl groups is 1. The highest BCUT2D eigenvalue weighted by Gasteiger charge is 2.52. The number of rotatable bonds is 3. The zero-order chi connectivity index (χ0) is 14.9.